The zero-order valence-electron chi connectivity index (χ0n) is 66.1. The Morgan fingerprint density at radius 1 is 0.412 bits per heavy atom. The molecule has 0 saturated carbocycles. The lowest BCUT2D eigenvalue weighted by molar-refractivity contribution is -0.117. The number of phenolic OH excluding ortho intramolecular Hbond substituents is 1. The van der Waals surface area contributed by atoms with Gasteiger partial charge in [0.05, 0.1) is 25.3 Å². The predicted molar refractivity (Wildman–Crippen MR) is 495 cm³/mol. The van der Waals surface area contributed by atoms with E-state index in [1.165, 1.54) is 71.3 Å². The number of thiophene rings is 3. The molecule has 114 heavy (non-hydrogen) atoms. The van der Waals surface area contributed by atoms with Crippen LogP contribution in [0.3, 0.4) is 0 Å². The van der Waals surface area contributed by atoms with Gasteiger partial charge in [0.1, 0.15) is 23.0 Å². The van der Waals surface area contributed by atoms with E-state index in [-0.39, 0.29) is 48.9 Å². The summed E-state index contributed by atoms with van der Waals surface area (Å²) < 4.78 is 31.6. The van der Waals surface area contributed by atoms with Crippen LogP contribution in [-0.4, -0.2) is 165 Å². The lowest BCUT2D eigenvalue weighted by Crippen LogP contribution is -2.46. The second kappa shape index (κ2) is 46.9. The van der Waals surface area contributed by atoms with Gasteiger partial charge in [-0.1, -0.05) is 91.6 Å². The molecule has 11 aromatic rings. The van der Waals surface area contributed by atoms with Gasteiger partial charge in [0, 0.05) is 211 Å². The van der Waals surface area contributed by atoms with E-state index in [0.717, 1.165) is 223 Å². The molecule has 0 spiro atoms. The molecule has 0 bridgehead atoms. The fourth-order valence-electron chi connectivity index (χ4n) is 14.4. The molecule has 0 radical (unpaired) electrons. The maximum atomic E-state index is 11.6. The molecule has 3 fully saturated rings. The number of amides is 3. The van der Waals surface area contributed by atoms with Crippen LogP contribution in [-0.2, 0) is 33.6 Å². The molecule has 3 saturated heterocycles. The SMILES string of the molecule is BrCCCCBr.C.Cl.O=C1CCc2ccc(O)cc2N1.O=C1CCc2ccc(OCCCCBr)cc2N1.O=C1CCc2ccc(OCCCCN3CCN(c4cccc5sccc45)CC3)cc2N1.O=c1ccc2ccc(OCCCCN3CCN(c4cccc5sccc45)CC3)cc2[nH]1.[2H][2H].c1cc(N2CCNCC2)c2ccsc2c1. The smallest absolute Gasteiger partial charge is 0.248 e. The van der Waals surface area contributed by atoms with Crippen LogP contribution in [0.1, 0.15) is 97.7 Å². The number of fused-ring (bicyclic) bond motifs is 7. The van der Waals surface area contributed by atoms with Gasteiger partial charge >= 0.3 is 0 Å². The number of anilines is 6. The number of H-pyrrole nitrogens is 1. The number of halogens is 4. The Kier molecular flexibility index (Phi) is 35.8. The number of aromatic nitrogens is 1. The lowest BCUT2D eigenvalue weighted by Gasteiger charge is -2.36. The van der Waals surface area contributed by atoms with Crippen molar-refractivity contribution in [2.45, 2.75) is 97.3 Å². The molecule has 3 amide bonds. The molecule has 10 heterocycles. The predicted octanol–water partition coefficient (Wildman–Crippen LogP) is 20.1. The van der Waals surface area contributed by atoms with Crippen molar-refractivity contribution < 1.29 is 36.7 Å². The maximum absolute atomic E-state index is 11.6. The van der Waals surface area contributed by atoms with Crippen molar-refractivity contribution in [3.63, 3.8) is 0 Å². The molecule has 17 rings (SSSR count). The molecule has 0 atom stereocenters. The van der Waals surface area contributed by atoms with E-state index >= 15 is 0 Å². The molecule has 4 aromatic heterocycles. The van der Waals surface area contributed by atoms with Crippen molar-refractivity contribution in [1.82, 2.24) is 20.1 Å². The number of nitrogens with one attached hydrogen (secondary N) is 5. The third-order valence-corrected chi connectivity index (χ3v) is 24.9. The number of hydrogen-bond donors (Lipinski definition) is 6. The van der Waals surface area contributed by atoms with Gasteiger partial charge in [-0.15, -0.1) is 46.4 Å². The molecule has 6 aliphatic rings. The minimum Gasteiger partial charge on any atom is -0.508 e. The summed E-state index contributed by atoms with van der Waals surface area (Å²) in [6.07, 6.45) is 13.2. The average molecular weight is 1820 g/mol. The highest BCUT2D eigenvalue weighted by Gasteiger charge is 2.23. The summed E-state index contributed by atoms with van der Waals surface area (Å²) in [5.74, 6) is 2.89. The molecular formula is C89H110Br3ClN10O8S3. The largest absolute Gasteiger partial charge is 0.508 e. The summed E-state index contributed by atoms with van der Waals surface area (Å²) in [6, 6.07) is 52.9. The van der Waals surface area contributed by atoms with Crippen LogP contribution in [0.15, 0.2) is 179 Å². The molecule has 6 aliphatic heterocycles. The number of aromatic amines is 1. The Morgan fingerprint density at radius 2 is 0.789 bits per heavy atom. The molecule has 7 aromatic carbocycles. The lowest BCUT2D eigenvalue weighted by atomic mass is 10.0. The Bertz CT molecular complexity index is 4900. The second-order valence-electron chi connectivity index (χ2n) is 28.4. The van der Waals surface area contributed by atoms with E-state index in [4.69, 9.17) is 22.3 Å². The summed E-state index contributed by atoms with van der Waals surface area (Å²) in [7, 11) is 0. The number of benzene rings is 7. The fourth-order valence-corrected chi connectivity index (χ4v) is 18.0. The second-order valence-corrected chi connectivity index (χ2v) is 33.6. The number of carbonyl (C=O) groups is 3. The van der Waals surface area contributed by atoms with E-state index in [1.54, 1.807) is 18.2 Å². The average Bonchev–Trinajstić information content (AvgIpc) is 1.71. The van der Waals surface area contributed by atoms with Gasteiger partial charge in [-0.3, -0.25) is 29.0 Å². The third kappa shape index (κ3) is 26.4. The Labute approximate surface area is 717 Å². The summed E-state index contributed by atoms with van der Waals surface area (Å²) in [4.78, 5) is 60.8. The topological polar surface area (TPSA) is 196 Å². The summed E-state index contributed by atoms with van der Waals surface area (Å²) in [5, 5.41) is 36.1. The van der Waals surface area contributed by atoms with Crippen LogP contribution in [0.4, 0.5) is 34.1 Å². The summed E-state index contributed by atoms with van der Waals surface area (Å²) in [5.41, 5.74) is 10.9. The van der Waals surface area contributed by atoms with E-state index in [1.807, 2.05) is 94.7 Å². The highest BCUT2D eigenvalue weighted by molar-refractivity contribution is 9.09. The number of ether oxygens (including phenoxy) is 3. The molecule has 0 unspecified atom stereocenters. The number of hydrogen-bond acceptors (Lipinski definition) is 17. The number of alkyl halides is 3. The van der Waals surface area contributed by atoms with E-state index in [2.05, 4.69) is 194 Å². The van der Waals surface area contributed by atoms with Gasteiger partial charge in [0.15, 0.2) is 0 Å². The number of rotatable bonds is 23. The van der Waals surface area contributed by atoms with Gasteiger partial charge in [-0.2, -0.15) is 0 Å². The molecule has 25 heteroatoms. The number of aromatic hydroxyl groups is 1. The van der Waals surface area contributed by atoms with Crippen molar-refractivity contribution in [3.05, 3.63) is 201 Å². The van der Waals surface area contributed by atoms with Crippen LogP contribution in [0.5, 0.6) is 23.0 Å². The van der Waals surface area contributed by atoms with Gasteiger partial charge in [-0.25, -0.2) is 0 Å². The van der Waals surface area contributed by atoms with Gasteiger partial charge < -0.3 is 60.3 Å². The first-order chi connectivity index (χ1) is 55.9. The Hall–Kier alpha value is -7.75. The molecular weight excluding hydrogens is 1710 g/mol. The van der Waals surface area contributed by atoms with Crippen LogP contribution in [0.2, 0.25) is 0 Å². The number of carbonyl (C=O) groups excluding carboxylic acids is 3. The number of nitrogens with zero attached hydrogens (tertiary/aromatic N) is 5. The van der Waals surface area contributed by atoms with Crippen LogP contribution < -0.4 is 55.7 Å². The number of phenols is 1. The van der Waals surface area contributed by atoms with Crippen LogP contribution in [0, 0.1) is 0 Å². The molecule has 6 N–H and O–H groups in total. The summed E-state index contributed by atoms with van der Waals surface area (Å²) >= 11 is 15.5. The normalized spacial score (nSPS) is 15.2. The number of piperazine rings is 3. The standard InChI is InChI=1S/C25H29N3O2S.C25H27N3O2S.C13H16BrNO2.C12H14N2S.C9H9NO2.C4H8Br2.CH4.ClH.H2/c2*29-25-9-7-19-6-8-20(18-22(19)26-25)30-16-2-1-11-27-12-14-28(15-13-27)23-4-3-5-24-21(23)10-17-31-24;14-7-1-2-8-17-11-5-3-10-4-6-13(16)15-12(10)9-11;1-2-11(14-7-5-13-6-8-14)10-4-9-15-12(10)3-1;11-7-3-1-6-2-4-9(12)10-8(6)5-7;5-3-1-2-4-6;;;/h3-6,8,10,17-18H,1-2,7,9,11-16H2,(H,26,29);3-10,17-18H,1-2,11-16H2,(H,26,29);3,5,9H,1-2,4,6-8H2,(H,15,16);1-4,9,13H,5-8H2;1,3,5,11H,2,4H2,(H,10,12);1-4H2;1H4;2*1H/i;;;;;;;;1+1D. The first kappa shape index (κ1) is 87.1. The van der Waals surface area contributed by atoms with Crippen LogP contribution in [0.25, 0.3) is 41.2 Å². The van der Waals surface area contributed by atoms with Crippen molar-refractivity contribution in [2.75, 3.05) is 158 Å². The van der Waals surface area contributed by atoms with Crippen molar-refractivity contribution in [2.24, 2.45) is 0 Å². The van der Waals surface area contributed by atoms with Gasteiger partial charge in [-0.05, 0) is 213 Å². The quantitative estimate of drug-likeness (QED) is 0.0261. The Balaban J connectivity index is 0.000000168. The number of pyridine rings is 1. The van der Waals surface area contributed by atoms with Crippen molar-refractivity contribution >= 4 is 187 Å². The van der Waals surface area contributed by atoms with Crippen molar-refractivity contribution in [3.8, 4) is 23.0 Å². The minimum atomic E-state index is -0.0863. The number of aryl methyl sites for hydroxylation is 3. The first-order valence-corrected chi connectivity index (χ1v) is 45.4. The highest BCUT2D eigenvalue weighted by Crippen LogP contribution is 2.36. The molecule has 610 valence electrons. The van der Waals surface area contributed by atoms with Gasteiger partial charge in [0.25, 0.3) is 0 Å². The van der Waals surface area contributed by atoms with Crippen molar-refractivity contribution in [1.29, 1.82) is 0 Å². The summed E-state index contributed by atoms with van der Waals surface area (Å²) in [6.45, 7) is 17.6. The molecule has 18 nitrogen and oxygen atoms in total. The van der Waals surface area contributed by atoms with E-state index < -0.39 is 0 Å². The van der Waals surface area contributed by atoms with Gasteiger partial charge in [0.2, 0.25) is 23.3 Å². The zero-order valence-corrected chi connectivity index (χ0v) is 72.1. The zero-order chi connectivity index (χ0) is 79.6. The fraction of sp³-hybridized carbons (Fsp3) is 0.393. The molecule has 0 aliphatic carbocycles. The monoisotopic (exact) mass is 1820 g/mol. The third-order valence-electron chi connectivity index (χ3n) is 20.5. The number of unbranched alkanes of at least 4 members (excludes halogenated alkanes) is 4. The highest BCUT2D eigenvalue weighted by atomic mass is 79.9. The van der Waals surface area contributed by atoms with E-state index in [0.29, 0.717) is 32.5 Å². The van der Waals surface area contributed by atoms with E-state index in [9.17, 15) is 19.2 Å². The maximum Gasteiger partial charge on any atom is 0.248 e. The first-order valence-electron chi connectivity index (χ1n) is 40.4. The Morgan fingerprint density at radius 3 is 1.23 bits per heavy atom. The van der Waals surface area contributed by atoms with Crippen LogP contribution >= 0.6 is 94.2 Å². The minimum absolute atomic E-state index is 0.